The lowest BCUT2D eigenvalue weighted by molar-refractivity contribution is -0.105. The van der Waals surface area contributed by atoms with Crippen molar-refractivity contribution in [1.82, 2.24) is 19.7 Å². The van der Waals surface area contributed by atoms with Gasteiger partial charge in [-0.25, -0.2) is 0 Å². The van der Waals surface area contributed by atoms with E-state index in [1.807, 2.05) is 30.1 Å². The average molecular weight is 341 g/mol. The van der Waals surface area contributed by atoms with E-state index in [4.69, 9.17) is 0 Å². The summed E-state index contributed by atoms with van der Waals surface area (Å²) in [6.45, 7) is 3.52. The minimum Gasteiger partial charge on any atom is -0.327 e. The first-order valence-electron chi connectivity index (χ1n) is 9.11. The number of carbonyl (C=O) groups is 1. The van der Waals surface area contributed by atoms with Crippen LogP contribution in [-0.2, 0) is 18.4 Å². The molecule has 1 saturated heterocycles. The standard InChI is InChI=1S/C10H17N3.C9H10N2O/c1-12-8-5-10(11-12)9-13-6-3-2-4-7-13;12-6-11-8-3-4-9(10-5-8)7-1-2-7/h5,8H,2-4,6-7,9H2,1H3;3-7H,1-2H2,(H,11,12). The molecule has 25 heavy (non-hydrogen) atoms. The summed E-state index contributed by atoms with van der Waals surface area (Å²) in [4.78, 5) is 16.8. The van der Waals surface area contributed by atoms with Crippen molar-refractivity contribution in [2.75, 3.05) is 18.4 Å². The van der Waals surface area contributed by atoms with Crippen LogP contribution in [0.3, 0.4) is 0 Å². The van der Waals surface area contributed by atoms with Crippen molar-refractivity contribution >= 4 is 12.1 Å². The van der Waals surface area contributed by atoms with Crippen LogP contribution in [0.25, 0.3) is 0 Å². The third-order valence-corrected chi connectivity index (χ3v) is 4.61. The lowest BCUT2D eigenvalue weighted by Gasteiger charge is -2.25. The number of pyridine rings is 1. The number of hydrogen-bond donors (Lipinski definition) is 1. The van der Waals surface area contributed by atoms with Crippen LogP contribution in [0.15, 0.2) is 30.6 Å². The van der Waals surface area contributed by atoms with Crippen LogP contribution in [0, 0.1) is 0 Å². The van der Waals surface area contributed by atoms with Crippen molar-refractivity contribution in [3.05, 3.63) is 42.0 Å². The first-order valence-corrected chi connectivity index (χ1v) is 9.11. The second-order valence-electron chi connectivity index (χ2n) is 6.83. The fourth-order valence-corrected chi connectivity index (χ4v) is 3.07. The molecule has 2 fully saturated rings. The highest BCUT2D eigenvalue weighted by Crippen LogP contribution is 2.38. The SMILES string of the molecule is Cn1ccc(CN2CCCCC2)n1.O=CNc1ccc(C2CC2)nc1. The molecule has 0 aromatic carbocycles. The van der Waals surface area contributed by atoms with Gasteiger partial charge in [-0.3, -0.25) is 19.4 Å². The summed E-state index contributed by atoms with van der Waals surface area (Å²) >= 11 is 0. The normalized spacial score (nSPS) is 17.5. The van der Waals surface area contributed by atoms with Gasteiger partial charge >= 0.3 is 0 Å². The number of nitrogens with one attached hydrogen (secondary N) is 1. The van der Waals surface area contributed by atoms with Crippen LogP contribution >= 0.6 is 0 Å². The Kier molecular flexibility index (Phi) is 6.17. The molecule has 0 bridgehead atoms. The molecule has 1 aliphatic carbocycles. The number of carbonyl (C=O) groups excluding carboxylic acids is 1. The molecule has 1 amide bonds. The Balaban J connectivity index is 0.000000146. The largest absolute Gasteiger partial charge is 0.327 e. The first kappa shape index (κ1) is 17.6. The third kappa shape index (κ3) is 5.67. The molecule has 0 atom stereocenters. The highest BCUT2D eigenvalue weighted by Gasteiger charge is 2.24. The van der Waals surface area contributed by atoms with Crippen molar-refractivity contribution in [1.29, 1.82) is 0 Å². The van der Waals surface area contributed by atoms with E-state index in [1.54, 1.807) is 6.20 Å². The summed E-state index contributed by atoms with van der Waals surface area (Å²) in [5.41, 5.74) is 3.10. The van der Waals surface area contributed by atoms with Crippen molar-refractivity contribution in [2.24, 2.45) is 7.05 Å². The molecule has 6 heteroatoms. The molecule has 1 aliphatic heterocycles. The molecule has 0 spiro atoms. The lowest BCUT2D eigenvalue weighted by Crippen LogP contribution is -2.29. The highest BCUT2D eigenvalue weighted by atomic mass is 16.1. The summed E-state index contributed by atoms with van der Waals surface area (Å²) in [7, 11) is 1.97. The minimum atomic E-state index is 0.661. The molecule has 2 aliphatic rings. The monoisotopic (exact) mass is 341 g/mol. The maximum Gasteiger partial charge on any atom is 0.211 e. The van der Waals surface area contributed by atoms with E-state index in [9.17, 15) is 4.79 Å². The van der Waals surface area contributed by atoms with E-state index in [0.717, 1.165) is 17.9 Å². The number of hydrogen-bond acceptors (Lipinski definition) is 4. The Morgan fingerprint density at radius 1 is 1.20 bits per heavy atom. The maximum atomic E-state index is 10.1. The maximum absolute atomic E-state index is 10.1. The second kappa shape index (κ2) is 8.76. The van der Waals surface area contributed by atoms with Crippen LogP contribution in [-0.4, -0.2) is 39.2 Å². The molecule has 3 heterocycles. The molecule has 0 radical (unpaired) electrons. The number of amides is 1. The van der Waals surface area contributed by atoms with Crippen molar-refractivity contribution in [3.8, 4) is 0 Å². The van der Waals surface area contributed by atoms with Crippen LogP contribution in [0.4, 0.5) is 5.69 Å². The van der Waals surface area contributed by atoms with Crippen molar-refractivity contribution < 1.29 is 4.79 Å². The summed E-state index contributed by atoms with van der Waals surface area (Å²) < 4.78 is 1.87. The van der Waals surface area contributed by atoms with E-state index in [0.29, 0.717) is 12.3 Å². The summed E-state index contributed by atoms with van der Waals surface area (Å²) in [6.07, 6.45) is 11.0. The van der Waals surface area contributed by atoms with E-state index in [2.05, 4.69) is 26.4 Å². The van der Waals surface area contributed by atoms with Gasteiger partial charge in [-0.05, 0) is 57.0 Å². The molecule has 1 N–H and O–H groups in total. The average Bonchev–Trinajstić information content (AvgIpc) is 3.40. The van der Waals surface area contributed by atoms with E-state index in [1.165, 1.54) is 50.9 Å². The summed E-state index contributed by atoms with van der Waals surface area (Å²) in [6, 6.07) is 5.97. The number of rotatable bonds is 5. The van der Waals surface area contributed by atoms with Crippen LogP contribution in [0.1, 0.15) is 49.4 Å². The Hall–Kier alpha value is -2.21. The van der Waals surface area contributed by atoms with Gasteiger partial charge in [-0.2, -0.15) is 5.10 Å². The predicted molar refractivity (Wildman–Crippen MR) is 98.2 cm³/mol. The van der Waals surface area contributed by atoms with Crippen LogP contribution in [0.2, 0.25) is 0 Å². The molecule has 1 saturated carbocycles. The molecule has 2 aromatic rings. The van der Waals surface area contributed by atoms with Crippen molar-refractivity contribution in [3.63, 3.8) is 0 Å². The molecular formula is C19H27N5O. The Bertz CT molecular complexity index is 657. The van der Waals surface area contributed by atoms with Gasteiger partial charge in [0.05, 0.1) is 17.6 Å². The summed E-state index contributed by atoms with van der Waals surface area (Å²) in [5.74, 6) is 0.676. The van der Waals surface area contributed by atoms with E-state index < -0.39 is 0 Å². The zero-order valence-electron chi connectivity index (χ0n) is 14.9. The third-order valence-electron chi connectivity index (χ3n) is 4.61. The van der Waals surface area contributed by atoms with Gasteiger partial charge in [0.15, 0.2) is 0 Å². The van der Waals surface area contributed by atoms with E-state index >= 15 is 0 Å². The van der Waals surface area contributed by atoms with Gasteiger partial charge in [-0.15, -0.1) is 0 Å². The van der Waals surface area contributed by atoms with Gasteiger partial charge in [0.1, 0.15) is 0 Å². The number of aryl methyl sites for hydroxylation is 1. The first-order chi connectivity index (χ1) is 12.2. The number of likely N-dealkylation sites (tertiary alicyclic amines) is 1. The zero-order chi connectivity index (χ0) is 17.5. The van der Waals surface area contributed by atoms with Gasteiger partial charge in [0.2, 0.25) is 6.41 Å². The van der Waals surface area contributed by atoms with E-state index in [-0.39, 0.29) is 0 Å². The lowest BCUT2D eigenvalue weighted by atomic mass is 10.1. The van der Waals surface area contributed by atoms with Gasteiger partial charge < -0.3 is 5.32 Å². The zero-order valence-corrected chi connectivity index (χ0v) is 14.9. The van der Waals surface area contributed by atoms with Crippen LogP contribution in [0.5, 0.6) is 0 Å². The van der Waals surface area contributed by atoms with Gasteiger partial charge in [0, 0.05) is 31.4 Å². The summed E-state index contributed by atoms with van der Waals surface area (Å²) in [5, 5.41) is 6.93. The van der Waals surface area contributed by atoms with Gasteiger partial charge in [-0.1, -0.05) is 6.42 Å². The molecule has 0 unspecified atom stereocenters. The topological polar surface area (TPSA) is 63.1 Å². The fraction of sp³-hybridized carbons (Fsp3) is 0.526. The molecule has 2 aromatic heterocycles. The minimum absolute atomic E-state index is 0.661. The molecule has 6 nitrogen and oxygen atoms in total. The Labute approximate surface area is 149 Å². The highest BCUT2D eigenvalue weighted by molar-refractivity contribution is 5.70. The molecule has 4 rings (SSSR count). The van der Waals surface area contributed by atoms with Crippen molar-refractivity contribution in [2.45, 2.75) is 44.6 Å². The molecule has 134 valence electrons. The number of nitrogens with zero attached hydrogens (tertiary/aromatic N) is 4. The predicted octanol–water partition coefficient (Wildman–Crippen LogP) is 2.93. The fourth-order valence-electron chi connectivity index (χ4n) is 3.07. The smallest absolute Gasteiger partial charge is 0.211 e. The molecular weight excluding hydrogens is 314 g/mol. The second-order valence-corrected chi connectivity index (χ2v) is 6.83. The number of anilines is 1. The Morgan fingerprint density at radius 3 is 2.56 bits per heavy atom. The number of piperidine rings is 1. The quantitative estimate of drug-likeness (QED) is 0.850. The van der Waals surface area contributed by atoms with Crippen LogP contribution < -0.4 is 5.32 Å². The number of aromatic nitrogens is 3. The Morgan fingerprint density at radius 2 is 2.00 bits per heavy atom. The van der Waals surface area contributed by atoms with Gasteiger partial charge in [0.25, 0.3) is 0 Å².